The lowest BCUT2D eigenvalue weighted by atomic mass is 9.82. The number of aryl methyl sites for hydroxylation is 4. The van der Waals surface area contributed by atoms with Gasteiger partial charge in [0.2, 0.25) is 0 Å². The minimum Gasteiger partial charge on any atom is -0.0622 e. The first-order chi connectivity index (χ1) is 31.5. The van der Waals surface area contributed by atoms with Crippen molar-refractivity contribution in [2.45, 2.75) is 27.7 Å². The average Bonchev–Trinajstić information content (AvgIpc) is 3.83. The summed E-state index contributed by atoms with van der Waals surface area (Å²) in [6, 6.07) is 73.3. The van der Waals surface area contributed by atoms with Crippen LogP contribution in [0.15, 0.2) is 194 Å². The van der Waals surface area contributed by atoms with E-state index in [0.29, 0.717) is 0 Å². The first kappa shape index (κ1) is 36.8. The monoisotopic (exact) mass is 812 g/mol. The third-order valence-electron chi connectivity index (χ3n) is 14.5. The van der Waals surface area contributed by atoms with Crippen LogP contribution in [0, 0.1) is 27.7 Å². The predicted molar refractivity (Wildman–Crippen MR) is 277 cm³/mol. The van der Waals surface area contributed by atoms with Gasteiger partial charge in [-0.25, -0.2) is 0 Å². The molecule has 0 saturated carbocycles. The molecule has 0 radical (unpaired) electrons. The highest BCUT2D eigenvalue weighted by Gasteiger charge is 2.28. The zero-order chi connectivity index (χ0) is 42.8. The molecule has 0 amide bonds. The summed E-state index contributed by atoms with van der Waals surface area (Å²) < 4.78 is 0. The van der Waals surface area contributed by atoms with Crippen LogP contribution in [0.2, 0.25) is 0 Å². The van der Waals surface area contributed by atoms with Gasteiger partial charge in [-0.05, 0) is 193 Å². The van der Waals surface area contributed by atoms with Crippen molar-refractivity contribution in [1.82, 2.24) is 0 Å². The van der Waals surface area contributed by atoms with Gasteiger partial charge < -0.3 is 0 Å². The largest absolute Gasteiger partial charge is 0.0622 e. The molecule has 0 unspecified atom stereocenters. The van der Waals surface area contributed by atoms with Crippen molar-refractivity contribution in [3.63, 3.8) is 0 Å². The van der Waals surface area contributed by atoms with Crippen LogP contribution in [0.4, 0.5) is 0 Å². The Morgan fingerprint density at radius 3 is 1.42 bits per heavy atom. The van der Waals surface area contributed by atoms with E-state index >= 15 is 0 Å². The smallest absolute Gasteiger partial charge is 0.000718 e. The van der Waals surface area contributed by atoms with Gasteiger partial charge in [-0.15, -0.1) is 0 Å². The lowest BCUT2D eigenvalue weighted by Gasteiger charge is -2.20. The van der Waals surface area contributed by atoms with E-state index in [1.54, 1.807) is 0 Å². The maximum absolute atomic E-state index is 2.57. The molecule has 0 bridgehead atoms. The van der Waals surface area contributed by atoms with Crippen molar-refractivity contribution in [3.8, 4) is 55.6 Å². The molecular weight excluding hydrogens is 769 g/mol. The SMILES string of the molecule is Cc1cccc(C)c1-c1ccc2c(c1)c1cccc3c4c(-c5ccccc5)c5c6cccc7c(-c8c(C)cccc8C)ccc(c5c(-c5ccccc5-c5ccccc5)c4cc2c13)c76. The standard InChI is InChI=1S/C64H44/c1-37-17-13-18-38(2)56(37)43-31-32-45-53(35-43)48-28-16-29-50-60(48)54(45)36-55-61(46-26-12-11-25-44(46)41-21-7-5-8-22-41)64-52-34-33-49(57-39(3)19-14-20-40(57)4)47-27-15-30-51(59(47)52)63(64)58(62(50)55)42-23-9-6-10-24-42/h5-36H,1-4H3. The second-order valence-corrected chi connectivity index (χ2v) is 18.0. The van der Waals surface area contributed by atoms with E-state index in [9.17, 15) is 0 Å². The summed E-state index contributed by atoms with van der Waals surface area (Å²) in [6.45, 7) is 8.98. The highest BCUT2D eigenvalue weighted by molar-refractivity contribution is 6.45. The van der Waals surface area contributed by atoms with E-state index in [1.807, 2.05) is 0 Å². The fourth-order valence-corrected chi connectivity index (χ4v) is 11.9. The Morgan fingerprint density at radius 2 is 0.719 bits per heavy atom. The van der Waals surface area contributed by atoms with Gasteiger partial charge in [-0.3, -0.25) is 0 Å². The number of hydrogen-bond acceptors (Lipinski definition) is 0. The Balaban J connectivity index is 1.28. The predicted octanol–water partition coefficient (Wildman–Crippen LogP) is 18.2. The van der Waals surface area contributed by atoms with Crippen molar-refractivity contribution in [3.05, 3.63) is 216 Å². The lowest BCUT2D eigenvalue weighted by molar-refractivity contribution is 1.38. The number of hydrogen-bond donors (Lipinski definition) is 0. The summed E-state index contributed by atoms with van der Waals surface area (Å²) in [4.78, 5) is 0. The normalized spacial score (nSPS) is 12.1. The third-order valence-corrected chi connectivity index (χ3v) is 14.5. The molecule has 0 aliphatic heterocycles. The molecule has 64 heavy (non-hydrogen) atoms. The highest BCUT2D eigenvalue weighted by atomic mass is 14.3. The summed E-state index contributed by atoms with van der Waals surface area (Å²) in [7, 11) is 0. The van der Waals surface area contributed by atoms with Gasteiger partial charge in [0.15, 0.2) is 0 Å². The van der Waals surface area contributed by atoms with Gasteiger partial charge in [-0.1, -0.05) is 182 Å². The molecule has 0 heteroatoms. The quantitative estimate of drug-likeness (QED) is 0.152. The Morgan fingerprint density at radius 1 is 0.203 bits per heavy atom. The third kappa shape index (κ3) is 5.11. The van der Waals surface area contributed by atoms with Crippen LogP contribution < -0.4 is 0 Å². The number of benzene rings is 11. The number of fused-ring (bicyclic) bond motifs is 8. The number of rotatable bonds is 5. The zero-order valence-electron chi connectivity index (χ0n) is 36.5. The molecule has 0 spiro atoms. The molecule has 0 saturated heterocycles. The van der Waals surface area contributed by atoms with Gasteiger partial charge in [0.25, 0.3) is 0 Å². The van der Waals surface area contributed by atoms with Crippen LogP contribution in [0.1, 0.15) is 22.3 Å². The van der Waals surface area contributed by atoms with Crippen LogP contribution in [-0.2, 0) is 0 Å². The van der Waals surface area contributed by atoms with Crippen LogP contribution in [0.25, 0.3) is 131 Å². The topological polar surface area (TPSA) is 0 Å². The van der Waals surface area contributed by atoms with Crippen LogP contribution in [0.5, 0.6) is 0 Å². The molecule has 0 aromatic heterocycles. The fourth-order valence-electron chi connectivity index (χ4n) is 11.9. The highest BCUT2D eigenvalue weighted by Crippen LogP contribution is 2.56. The van der Waals surface area contributed by atoms with Crippen LogP contribution >= 0.6 is 0 Å². The fraction of sp³-hybridized carbons (Fsp3) is 0.0625. The molecule has 0 nitrogen and oxygen atoms in total. The van der Waals surface area contributed by atoms with Crippen molar-refractivity contribution >= 4 is 75.4 Å². The summed E-state index contributed by atoms with van der Waals surface area (Å²) >= 11 is 0. The Bertz CT molecular complexity index is 3980. The van der Waals surface area contributed by atoms with Crippen molar-refractivity contribution in [2.75, 3.05) is 0 Å². The van der Waals surface area contributed by atoms with Gasteiger partial charge in [0.05, 0.1) is 0 Å². The maximum Gasteiger partial charge on any atom is -0.000718 e. The van der Waals surface area contributed by atoms with E-state index in [1.165, 1.54) is 153 Å². The Labute approximate surface area is 373 Å². The van der Waals surface area contributed by atoms with Crippen molar-refractivity contribution in [1.29, 1.82) is 0 Å². The van der Waals surface area contributed by atoms with Crippen molar-refractivity contribution < 1.29 is 0 Å². The van der Waals surface area contributed by atoms with Crippen LogP contribution in [0.3, 0.4) is 0 Å². The molecular formula is C64H44. The lowest BCUT2D eigenvalue weighted by Crippen LogP contribution is -1.93. The van der Waals surface area contributed by atoms with Crippen molar-refractivity contribution in [2.24, 2.45) is 0 Å². The molecule has 0 N–H and O–H groups in total. The average molecular weight is 813 g/mol. The first-order valence-corrected chi connectivity index (χ1v) is 22.6. The molecule has 13 aromatic carbocycles. The van der Waals surface area contributed by atoms with E-state index in [-0.39, 0.29) is 0 Å². The minimum atomic E-state index is 1.22. The van der Waals surface area contributed by atoms with E-state index in [2.05, 4.69) is 222 Å². The molecule has 13 aromatic rings. The molecule has 0 aliphatic carbocycles. The molecule has 300 valence electrons. The summed E-state index contributed by atoms with van der Waals surface area (Å²) in [5, 5.41) is 18.4. The van der Waals surface area contributed by atoms with Gasteiger partial charge in [0.1, 0.15) is 0 Å². The minimum absolute atomic E-state index is 1.22. The second-order valence-electron chi connectivity index (χ2n) is 18.0. The summed E-state index contributed by atoms with van der Waals surface area (Å²) in [5.74, 6) is 0. The van der Waals surface area contributed by atoms with Gasteiger partial charge >= 0.3 is 0 Å². The zero-order valence-corrected chi connectivity index (χ0v) is 36.5. The summed E-state index contributed by atoms with van der Waals surface area (Å²) in [6.07, 6.45) is 0. The van der Waals surface area contributed by atoms with Gasteiger partial charge in [0, 0.05) is 0 Å². The Kier molecular flexibility index (Phi) is 7.97. The van der Waals surface area contributed by atoms with E-state index in [0.717, 1.165) is 0 Å². The van der Waals surface area contributed by atoms with E-state index < -0.39 is 0 Å². The molecule has 0 aliphatic rings. The molecule has 0 heterocycles. The van der Waals surface area contributed by atoms with Crippen LogP contribution in [-0.4, -0.2) is 0 Å². The van der Waals surface area contributed by atoms with E-state index in [4.69, 9.17) is 0 Å². The van der Waals surface area contributed by atoms with Gasteiger partial charge in [-0.2, -0.15) is 0 Å². The Hall–Kier alpha value is -7.80. The molecule has 0 atom stereocenters. The second kappa shape index (κ2) is 13.9. The maximum atomic E-state index is 2.57. The molecule has 0 fully saturated rings. The summed E-state index contributed by atoms with van der Waals surface area (Å²) in [5.41, 5.74) is 18.0. The molecule has 13 rings (SSSR count). The first-order valence-electron chi connectivity index (χ1n) is 22.6.